The SMILES string of the molecule is Cc1ccc(N2C(=O)C(CC(=O)Nc3ccc4cc[nH]c4c3)N(Cc3ccc(F)cc3)C2=S)cc1. The molecule has 2 heterocycles. The standard InChI is InChI=1S/C27H23FN4O2S/c1-17-2-10-22(11-3-17)32-26(34)24(31(27(32)35)16-18-4-7-20(28)8-5-18)15-25(33)30-21-9-6-19-12-13-29-23(19)14-21/h2-14,24,29H,15-16H2,1H3,(H,30,33). The number of aromatic nitrogens is 1. The normalized spacial score (nSPS) is 15.8. The molecule has 2 N–H and O–H groups in total. The molecule has 6 nitrogen and oxygen atoms in total. The zero-order valence-electron chi connectivity index (χ0n) is 19.0. The van der Waals surface area contributed by atoms with Crippen molar-refractivity contribution in [3.05, 3.63) is 95.9 Å². The van der Waals surface area contributed by atoms with Gasteiger partial charge in [-0.2, -0.15) is 0 Å². The molecule has 2 amide bonds. The number of anilines is 2. The third-order valence-electron chi connectivity index (χ3n) is 6.09. The number of hydrogen-bond donors (Lipinski definition) is 2. The first-order valence-corrected chi connectivity index (χ1v) is 11.6. The summed E-state index contributed by atoms with van der Waals surface area (Å²) in [6.07, 6.45) is 1.76. The van der Waals surface area contributed by atoms with E-state index in [1.54, 1.807) is 17.0 Å². The van der Waals surface area contributed by atoms with Crippen LogP contribution >= 0.6 is 12.2 Å². The molecule has 35 heavy (non-hydrogen) atoms. The minimum Gasteiger partial charge on any atom is -0.361 e. The molecule has 0 spiro atoms. The van der Waals surface area contributed by atoms with Crippen molar-refractivity contribution in [1.29, 1.82) is 0 Å². The van der Waals surface area contributed by atoms with E-state index in [9.17, 15) is 14.0 Å². The van der Waals surface area contributed by atoms with Crippen molar-refractivity contribution >= 4 is 51.4 Å². The number of fused-ring (bicyclic) bond motifs is 1. The number of hydrogen-bond acceptors (Lipinski definition) is 3. The Labute approximate surface area is 207 Å². The van der Waals surface area contributed by atoms with Gasteiger partial charge in [-0.1, -0.05) is 35.9 Å². The molecule has 1 atom stereocenters. The Kier molecular flexibility index (Phi) is 6.05. The molecule has 1 fully saturated rings. The molecular formula is C27H23FN4O2S. The minimum absolute atomic E-state index is 0.0781. The fourth-order valence-electron chi connectivity index (χ4n) is 4.24. The number of carbonyl (C=O) groups excluding carboxylic acids is 2. The first kappa shape index (κ1) is 22.7. The summed E-state index contributed by atoms with van der Waals surface area (Å²) in [5, 5.41) is 4.24. The minimum atomic E-state index is -0.789. The highest BCUT2D eigenvalue weighted by Gasteiger charge is 2.44. The van der Waals surface area contributed by atoms with Crippen molar-refractivity contribution < 1.29 is 14.0 Å². The lowest BCUT2D eigenvalue weighted by Gasteiger charge is -2.24. The number of aryl methyl sites for hydroxylation is 1. The van der Waals surface area contributed by atoms with Crippen LogP contribution in [0.25, 0.3) is 10.9 Å². The summed E-state index contributed by atoms with van der Waals surface area (Å²) in [6, 6.07) is 20.3. The molecule has 1 aliphatic rings. The van der Waals surface area contributed by atoms with Gasteiger partial charge < -0.3 is 15.2 Å². The Morgan fingerprint density at radius 3 is 2.54 bits per heavy atom. The molecule has 0 radical (unpaired) electrons. The van der Waals surface area contributed by atoms with E-state index in [0.29, 0.717) is 16.5 Å². The lowest BCUT2D eigenvalue weighted by molar-refractivity contribution is -0.124. The zero-order chi connectivity index (χ0) is 24.5. The van der Waals surface area contributed by atoms with Gasteiger partial charge in [-0.15, -0.1) is 0 Å². The van der Waals surface area contributed by atoms with Gasteiger partial charge in [-0.05, 0) is 72.6 Å². The van der Waals surface area contributed by atoms with Crippen molar-refractivity contribution in [3.8, 4) is 0 Å². The molecule has 176 valence electrons. The van der Waals surface area contributed by atoms with Crippen LogP contribution in [0.15, 0.2) is 79.0 Å². The molecule has 4 aromatic rings. The van der Waals surface area contributed by atoms with Gasteiger partial charge in [-0.25, -0.2) is 4.39 Å². The lowest BCUT2D eigenvalue weighted by Crippen LogP contribution is -2.37. The smallest absolute Gasteiger partial charge is 0.256 e. The number of benzene rings is 3. The zero-order valence-corrected chi connectivity index (χ0v) is 19.8. The third kappa shape index (κ3) is 4.65. The number of thiocarbonyl (C=S) groups is 1. The molecule has 5 rings (SSSR count). The monoisotopic (exact) mass is 486 g/mol. The molecule has 3 aromatic carbocycles. The molecule has 0 bridgehead atoms. The summed E-state index contributed by atoms with van der Waals surface area (Å²) in [5.41, 5.74) is 4.04. The van der Waals surface area contributed by atoms with Crippen LogP contribution in [-0.4, -0.2) is 32.9 Å². The van der Waals surface area contributed by atoms with Crippen LogP contribution < -0.4 is 10.2 Å². The van der Waals surface area contributed by atoms with Crippen LogP contribution in [-0.2, 0) is 16.1 Å². The van der Waals surface area contributed by atoms with Crippen LogP contribution in [0.3, 0.4) is 0 Å². The van der Waals surface area contributed by atoms with Crippen molar-refractivity contribution in [2.45, 2.75) is 25.9 Å². The lowest BCUT2D eigenvalue weighted by atomic mass is 10.1. The summed E-state index contributed by atoms with van der Waals surface area (Å²) in [7, 11) is 0. The van der Waals surface area contributed by atoms with Crippen LogP contribution in [0.1, 0.15) is 17.5 Å². The van der Waals surface area contributed by atoms with Crippen molar-refractivity contribution in [2.24, 2.45) is 0 Å². The van der Waals surface area contributed by atoms with E-state index in [1.165, 1.54) is 17.0 Å². The highest BCUT2D eigenvalue weighted by atomic mass is 32.1. The predicted octanol–water partition coefficient (Wildman–Crippen LogP) is 5.15. The second-order valence-corrected chi connectivity index (χ2v) is 8.96. The predicted molar refractivity (Wildman–Crippen MR) is 139 cm³/mol. The maximum absolute atomic E-state index is 13.5. The van der Waals surface area contributed by atoms with E-state index < -0.39 is 6.04 Å². The van der Waals surface area contributed by atoms with Gasteiger partial charge in [0.25, 0.3) is 5.91 Å². The highest BCUT2D eigenvalue weighted by Crippen LogP contribution is 2.29. The van der Waals surface area contributed by atoms with Crippen molar-refractivity contribution in [3.63, 3.8) is 0 Å². The number of amides is 2. The van der Waals surface area contributed by atoms with E-state index in [-0.39, 0.29) is 30.6 Å². The largest absolute Gasteiger partial charge is 0.361 e. The second kappa shape index (κ2) is 9.31. The van der Waals surface area contributed by atoms with Gasteiger partial charge in [0, 0.05) is 23.9 Å². The number of H-pyrrole nitrogens is 1. The third-order valence-corrected chi connectivity index (χ3v) is 6.51. The summed E-state index contributed by atoms with van der Waals surface area (Å²) in [6.45, 7) is 2.24. The molecule has 0 aliphatic carbocycles. The Hall–Kier alpha value is -4.04. The van der Waals surface area contributed by atoms with Crippen LogP contribution in [0.5, 0.6) is 0 Å². The van der Waals surface area contributed by atoms with Crippen LogP contribution in [0.4, 0.5) is 15.8 Å². The van der Waals surface area contributed by atoms with E-state index in [4.69, 9.17) is 12.2 Å². The Morgan fingerprint density at radius 1 is 1.06 bits per heavy atom. The van der Waals surface area contributed by atoms with Gasteiger partial charge in [0.2, 0.25) is 5.91 Å². The van der Waals surface area contributed by atoms with Crippen LogP contribution in [0.2, 0.25) is 0 Å². The molecule has 1 aromatic heterocycles. The molecule has 1 unspecified atom stereocenters. The molecular weight excluding hydrogens is 463 g/mol. The molecule has 1 saturated heterocycles. The first-order chi connectivity index (χ1) is 16.9. The van der Waals surface area contributed by atoms with E-state index in [2.05, 4.69) is 10.3 Å². The van der Waals surface area contributed by atoms with Crippen molar-refractivity contribution in [2.75, 3.05) is 10.2 Å². The van der Waals surface area contributed by atoms with E-state index >= 15 is 0 Å². The molecule has 1 aliphatic heterocycles. The van der Waals surface area contributed by atoms with Gasteiger partial charge >= 0.3 is 0 Å². The average molecular weight is 487 g/mol. The Bertz CT molecular complexity index is 1420. The Balaban J connectivity index is 1.40. The summed E-state index contributed by atoms with van der Waals surface area (Å²) in [4.78, 5) is 32.9. The maximum Gasteiger partial charge on any atom is 0.256 e. The van der Waals surface area contributed by atoms with Gasteiger partial charge in [0.05, 0.1) is 12.1 Å². The highest BCUT2D eigenvalue weighted by molar-refractivity contribution is 7.80. The number of rotatable bonds is 6. The topological polar surface area (TPSA) is 68.4 Å². The van der Waals surface area contributed by atoms with Gasteiger partial charge in [0.15, 0.2) is 5.11 Å². The number of nitrogens with one attached hydrogen (secondary N) is 2. The van der Waals surface area contributed by atoms with E-state index in [1.807, 2.05) is 61.7 Å². The van der Waals surface area contributed by atoms with Crippen LogP contribution in [0, 0.1) is 12.7 Å². The number of nitrogens with zero attached hydrogens (tertiary/aromatic N) is 2. The van der Waals surface area contributed by atoms with Gasteiger partial charge in [0.1, 0.15) is 11.9 Å². The fourth-order valence-corrected chi connectivity index (χ4v) is 4.63. The second-order valence-electron chi connectivity index (χ2n) is 8.59. The number of aromatic amines is 1. The quantitative estimate of drug-likeness (QED) is 0.370. The maximum atomic E-state index is 13.5. The molecule has 8 heteroatoms. The summed E-state index contributed by atoms with van der Waals surface area (Å²) >= 11 is 5.70. The van der Waals surface area contributed by atoms with E-state index in [0.717, 1.165) is 22.0 Å². The average Bonchev–Trinajstić information content (AvgIpc) is 3.39. The number of carbonyl (C=O) groups is 2. The van der Waals surface area contributed by atoms with Crippen molar-refractivity contribution in [1.82, 2.24) is 9.88 Å². The fraction of sp³-hybridized carbons (Fsp3) is 0.148. The summed E-state index contributed by atoms with van der Waals surface area (Å²) in [5.74, 6) is -0.909. The summed E-state index contributed by atoms with van der Waals surface area (Å²) < 4.78 is 13.4. The molecule has 0 saturated carbocycles. The first-order valence-electron chi connectivity index (χ1n) is 11.2. The Morgan fingerprint density at radius 2 is 1.80 bits per heavy atom. The number of halogens is 1. The van der Waals surface area contributed by atoms with Gasteiger partial charge in [-0.3, -0.25) is 14.5 Å².